The van der Waals surface area contributed by atoms with Crippen molar-refractivity contribution in [2.24, 2.45) is 4.99 Å². The van der Waals surface area contributed by atoms with E-state index < -0.39 is 0 Å². The molecule has 1 aliphatic heterocycles. The fourth-order valence-electron chi connectivity index (χ4n) is 0.293. The molecule has 0 amide bonds. The molecule has 31 valence electrons. The van der Waals surface area contributed by atoms with Crippen LogP contribution in [0.25, 0.3) is 0 Å². The van der Waals surface area contributed by atoms with E-state index in [1.165, 1.54) is 0 Å². The lowest BCUT2D eigenvalue weighted by Crippen LogP contribution is -2.04. The summed E-state index contributed by atoms with van der Waals surface area (Å²) in [6.07, 6.45) is 6.24. The lowest BCUT2D eigenvalue weighted by atomic mass is 10.6. The lowest BCUT2D eigenvalue weighted by molar-refractivity contribution is 1.11. The van der Waals surface area contributed by atoms with Gasteiger partial charge in [-0.15, -0.1) is 0 Å². The van der Waals surface area contributed by atoms with Gasteiger partial charge >= 0.3 is 0 Å². The van der Waals surface area contributed by atoms with Crippen molar-refractivity contribution in [1.82, 2.24) is 5.32 Å². The van der Waals surface area contributed by atoms with Crippen molar-refractivity contribution in [3.8, 4) is 0 Å². The first kappa shape index (κ1) is 3.40. The van der Waals surface area contributed by atoms with Crippen LogP contribution in [0.15, 0.2) is 11.2 Å². The van der Waals surface area contributed by atoms with Crippen LogP contribution < -0.4 is 5.32 Å². The van der Waals surface area contributed by atoms with Gasteiger partial charge in [-0.2, -0.15) is 0 Å². The first-order valence-corrected chi connectivity index (χ1v) is 1.79. The van der Waals surface area contributed by atoms with Crippen molar-refractivity contribution in [1.29, 1.82) is 0 Å². The summed E-state index contributed by atoms with van der Waals surface area (Å²) in [6.45, 7) is 0.701. The molecular formula is C4H5N2. The maximum absolute atomic E-state index is 3.80. The summed E-state index contributed by atoms with van der Waals surface area (Å²) in [5, 5.41) is 2.76. The average molecular weight is 81.1 g/mol. The summed E-state index contributed by atoms with van der Waals surface area (Å²) in [5.74, 6) is 0. The molecule has 0 bridgehead atoms. The highest BCUT2D eigenvalue weighted by Gasteiger charge is 1.74. The SMILES string of the molecule is [C]1=CNC=NC1. The van der Waals surface area contributed by atoms with Crippen LogP contribution in [0, 0.1) is 6.08 Å². The van der Waals surface area contributed by atoms with E-state index in [9.17, 15) is 0 Å². The molecule has 1 aliphatic rings. The second-order valence-electron chi connectivity index (χ2n) is 0.985. The topological polar surface area (TPSA) is 24.4 Å². The quantitative estimate of drug-likeness (QED) is 0.434. The van der Waals surface area contributed by atoms with E-state index in [0.29, 0.717) is 6.54 Å². The number of nitrogens with zero attached hydrogens (tertiary/aromatic N) is 1. The number of hydrogen-bond donors (Lipinski definition) is 1. The van der Waals surface area contributed by atoms with E-state index in [1.807, 2.05) is 0 Å². The van der Waals surface area contributed by atoms with Crippen molar-refractivity contribution in [2.75, 3.05) is 6.54 Å². The monoisotopic (exact) mass is 81.0 g/mol. The highest BCUT2D eigenvalue weighted by molar-refractivity contribution is 5.56. The second kappa shape index (κ2) is 1.60. The minimum atomic E-state index is 0.701. The van der Waals surface area contributed by atoms with E-state index in [1.54, 1.807) is 12.5 Å². The molecule has 1 heterocycles. The van der Waals surface area contributed by atoms with Crippen molar-refractivity contribution in [3.63, 3.8) is 0 Å². The Kier molecular flexibility index (Phi) is 0.906. The van der Waals surface area contributed by atoms with Gasteiger partial charge in [0.05, 0.1) is 12.9 Å². The standard InChI is InChI=1S/C4H5N2/c1-2-5-4-6-3-1/h2,4H,3H2,(H,5,6). The first-order chi connectivity index (χ1) is 3.00. The third-order valence-electron chi connectivity index (χ3n) is 0.534. The predicted molar refractivity (Wildman–Crippen MR) is 24.3 cm³/mol. The predicted octanol–water partition coefficient (Wildman–Crippen LogP) is -0.0652. The summed E-state index contributed by atoms with van der Waals surface area (Å²) in [7, 11) is 0. The highest BCUT2D eigenvalue weighted by atomic mass is 14.9. The minimum absolute atomic E-state index is 0.701. The van der Waals surface area contributed by atoms with Crippen LogP contribution in [-0.4, -0.2) is 12.9 Å². The first-order valence-electron chi connectivity index (χ1n) is 1.79. The van der Waals surface area contributed by atoms with Crippen LogP contribution in [0.3, 0.4) is 0 Å². The normalized spacial score (nSPS) is 17.3. The van der Waals surface area contributed by atoms with Gasteiger partial charge in [-0.1, -0.05) is 0 Å². The Labute approximate surface area is 36.6 Å². The Morgan fingerprint density at radius 3 is 3.00 bits per heavy atom. The molecule has 6 heavy (non-hydrogen) atoms. The smallest absolute Gasteiger partial charge is 0.0867 e. The molecule has 0 spiro atoms. The zero-order valence-corrected chi connectivity index (χ0v) is 3.31. The van der Waals surface area contributed by atoms with Gasteiger partial charge in [-0.3, -0.25) is 4.99 Å². The summed E-state index contributed by atoms with van der Waals surface area (Å²) in [6, 6.07) is 0. The van der Waals surface area contributed by atoms with E-state index in [2.05, 4.69) is 16.4 Å². The molecule has 0 aliphatic carbocycles. The average Bonchev–Trinajstić information content (AvgIpc) is 1.72. The maximum atomic E-state index is 3.80. The van der Waals surface area contributed by atoms with Crippen LogP contribution in [0.5, 0.6) is 0 Å². The fraction of sp³-hybridized carbons (Fsp3) is 0.250. The van der Waals surface area contributed by atoms with Gasteiger partial charge in [0.1, 0.15) is 0 Å². The molecule has 1 rings (SSSR count). The molecule has 0 aromatic carbocycles. The molecule has 0 aromatic heterocycles. The van der Waals surface area contributed by atoms with Crippen LogP contribution >= 0.6 is 0 Å². The Balaban J connectivity index is 2.40. The zero-order chi connectivity index (χ0) is 4.24. The zero-order valence-electron chi connectivity index (χ0n) is 3.31. The van der Waals surface area contributed by atoms with Crippen LogP contribution in [0.2, 0.25) is 0 Å². The summed E-state index contributed by atoms with van der Waals surface area (Å²) in [4.78, 5) is 3.80. The molecule has 0 fully saturated rings. The van der Waals surface area contributed by atoms with Gasteiger partial charge in [0.25, 0.3) is 0 Å². The Morgan fingerprint density at radius 1 is 1.83 bits per heavy atom. The third kappa shape index (κ3) is 0.578. The number of hydrogen-bond acceptors (Lipinski definition) is 2. The molecule has 0 aromatic rings. The van der Waals surface area contributed by atoms with Crippen LogP contribution in [-0.2, 0) is 0 Å². The van der Waals surface area contributed by atoms with Crippen molar-refractivity contribution < 1.29 is 0 Å². The Hall–Kier alpha value is -0.790. The third-order valence-corrected chi connectivity index (χ3v) is 0.534. The van der Waals surface area contributed by atoms with Gasteiger partial charge < -0.3 is 5.32 Å². The van der Waals surface area contributed by atoms with E-state index in [0.717, 1.165) is 0 Å². The molecular weight excluding hydrogens is 76.1 g/mol. The Bertz CT molecular complexity index is 63.5. The fourth-order valence-corrected chi connectivity index (χ4v) is 0.293. The van der Waals surface area contributed by atoms with Crippen molar-refractivity contribution >= 4 is 6.34 Å². The van der Waals surface area contributed by atoms with E-state index in [4.69, 9.17) is 0 Å². The number of rotatable bonds is 0. The molecule has 0 saturated heterocycles. The molecule has 1 radical (unpaired) electrons. The van der Waals surface area contributed by atoms with Gasteiger partial charge in [0, 0.05) is 6.20 Å². The molecule has 1 N–H and O–H groups in total. The van der Waals surface area contributed by atoms with E-state index in [-0.39, 0.29) is 0 Å². The van der Waals surface area contributed by atoms with Crippen LogP contribution in [0.1, 0.15) is 0 Å². The minimum Gasteiger partial charge on any atom is -0.353 e. The van der Waals surface area contributed by atoms with Gasteiger partial charge in [0.2, 0.25) is 0 Å². The summed E-state index contributed by atoms with van der Waals surface area (Å²) in [5.41, 5.74) is 0. The summed E-state index contributed by atoms with van der Waals surface area (Å²) < 4.78 is 0. The van der Waals surface area contributed by atoms with Crippen molar-refractivity contribution in [2.45, 2.75) is 0 Å². The summed E-state index contributed by atoms with van der Waals surface area (Å²) >= 11 is 0. The van der Waals surface area contributed by atoms with Gasteiger partial charge in [0.15, 0.2) is 0 Å². The second-order valence-corrected chi connectivity index (χ2v) is 0.985. The number of nitrogens with one attached hydrogen (secondary N) is 1. The molecule has 2 heteroatoms. The molecule has 2 nitrogen and oxygen atoms in total. The van der Waals surface area contributed by atoms with Crippen LogP contribution in [0.4, 0.5) is 0 Å². The highest BCUT2D eigenvalue weighted by Crippen LogP contribution is 1.72. The van der Waals surface area contributed by atoms with Gasteiger partial charge in [-0.05, 0) is 6.08 Å². The Morgan fingerprint density at radius 2 is 2.83 bits per heavy atom. The molecule has 0 atom stereocenters. The molecule has 0 unspecified atom stereocenters. The maximum Gasteiger partial charge on any atom is 0.0867 e. The lowest BCUT2D eigenvalue weighted by Gasteiger charge is -1.91. The largest absolute Gasteiger partial charge is 0.353 e. The molecule has 0 saturated carbocycles. The van der Waals surface area contributed by atoms with E-state index >= 15 is 0 Å². The van der Waals surface area contributed by atoms with Gasteiger partial charge in [-0.25, -0.2) is 0 Å². The van der Waals surface area contributed by atoms with Crippen molar-refractivity contribution in [3.05, 3.63) is 12.3 Å². The number of aliphatic imine (C=N–C) groups is 1.